The van der Waals surface area contributed by atoms with E-state index in [9.17, 15) is 14.4 Å². The third-order valence-corrected chi connectivity index (χ3v) is 1.61. The minimum atomic E-state index is -0.801. The van der Waals surface area contributed by atoms with Crippen LogP contribution in [0.2, 0.25) is 0 Å². The highest BCUT2D eigenvalue weighted by molar-refractivity contribution is 5.84. The number of amides is 2. The second-order valence-corrected chi connectivity index (χ2v) is 3.04. The van der Waals surface area contributed by atoms with E-state index >= 15 is 0 Å². The van der Waals surface area contributed by atoms with Crippen molar-refractivity contribution in [3.05, 3.63) is 0 Å². The van der Waals surface area contributed by atoms with Crippen LogP contribution in [0.3, 0.4) is 0 Å². The van der Waals surface area contributed by atoms with Crippen molar-refractivity contribution < 1.29 is 14.4 Å². The molecule has 0 heterocycles. The van der Waals surface area contributed by atoms with Crippen LogP contribution in [0.15, 0.2) is 0 Å². The van der Waals surface area contributed by atoms with E-state index in [0.717, 1.165) is 0 Å². The Balaban J connectivity index is 3.87. The number of primary amides is 1. The second-order valence-electron chi connectivity index (χ2n) is 3.04. The highest BCUT2D eigenvalue weighted by atomic mass is 16.2. The van der Waals surface area contributed by atoms with Crippen molar-refractivity contribution >= 4 is 18.1 Å². The molecule has 0 aromatic heterocycles. The second kappa shape index (κ2) is 6.09. The molecule has 6 heteroatoms. The smallest absolute Gasteiger partial charge is 0.237 e. The fraction of sp³-hybridized carbons (Fsp3) is 0.625. The maximum absolute atomic E-state index is 11.2. The van der Waals surface area contributed by atoms with E-state index in [1.54, 1.807) is 0 Å². The number of aldehydes is 1. The molecule has 0 bridgehead atoms. The fourth-order valence-electron chi connectivity index (χ4n) is 0.794. The lowest BCUT2D eigenvalue weighted by atomic mass is 10.1. The summed E-state index contributed by atoms with van der Waals surface area (Å²) in [5.41, 5.74) is 10.3. The zero-order chi connectivity index (χ0) is 11.1. The molecule has 6 nitrogen and oxygen atoms in total. The Labute approximate surface area is 82.0 Å². The van der Waals surface area contributed by atoms with Crippen LogP contribution in [0.1, 0.15) is 19.8 Å². The Morgan fingerprint density at radius 2 is 2.07 bits per heavy atom. The van der Waals surface area contributed by atoms with E-state index in [2.05, 4.69) is 5.32 Å². The minimum Gasteiger partial charge on any atom is -0.370 e. The molecule has 0 aliphatic carbocycles. The topological polar surface area (TPSA) is 115 Å². The number of hydrogen-bond acceptors (Lipinski definition) is 4. The standard InChI is InChI=1S/C8H15N3O3/c1-5(4-12)11-8(14)6(9)2-3-7(10)13/h4-6H,2-3,9H2,1H3,(H2,10,13)(H,11,14)/t5-,6-/m0/s1. The minimum absolute atomic E-state index is 0.0596. The molecule has 0 aliphatic heterocycles. The predicted octanol–water partition coefficient (Wildman–Crippen LogP) is -1.72. The van der Waals surface area contributed by atoms with Gasteiger partial charge in [0.2, 0.25) is 11.8 Å². The van der Waals surface area contributed by atoms with Gasteiger partial charge in [-0.2, -0.15) is 0 Å². The molecule has 5 N–H and O–H groups in total. The third kappa shape index (κ3) is 5.26. The van der Waals surface area contributed by atoms with Crippen molar-refractivity contribution in [1.29, 1.82) is 0 Å². The van der Waals surface area contributed by atoms with Crippen LogP contribution in [0.25, 0.3) is 0 Å². The highest BCUT2D eigenvalue weighted by Gasteiger charge is 2.15. The number of carbonyl (C=O) groups excluding carboxylic acids is 3. The third-order valence-electron chi connectivity index (χ3n) is 1.61. The van der Waals surface area contributed by atoms with Crippen molar-refractivity contribution in [2.45, 2.75) is 31.8 Å². The average Bonchev–Trinajstić information content (AvgIpc) is 2.13. The summed E-state index contributed by atoms with van der Waals surface area (Å²) in [6.45, 7) is 1.53. The Kier molecular flexibility index (Phi) is 5.47. The van der Waals surface area contributed by atoms with Gasteiger partial charge < -0.3 is 21.6 Å². The number of nitrogens with one attached hydrogen (secondary N) is 1. The van der Waals surface area contributed by atoms with Gasteiger partial charge in [0, 0.05) is 6.42 Å². The molecule has 0 aliphatic rings. The van der Waals surface area contributed by atoms with Gasteiger partial charge >= 0.3 is 0 Å². The summed E-state index contributed by atoms with van der Waals surface area (Å²) in [6.07, 6.45) is 0.843. The van der Waals surface area contributed by atoms with Gasteiger partial charge in [0.15, 0.2) is 0 Å². The summed E-state index contributed by atoms with van der Waals surface area (Å²) >= 11 is 0. The number of carbonyl (C=O) groups is 3. The van der Waals surface area contributed by atoms with Crippen LogP contribution in [0.4, 0.5) is 0 Å². The Hall–Kier alpha value is -1.43. The largest absolute Gasteiger partial charge is 0.370 e. The molecular formula is C8H15N3O3. The van der Waals surface area contributed by atoms with Gasteiger partial charge in [-0.25, -0.2) is 0 Å². The summed E-state index contributed by atoms with van der Waals surface area (Å²) in [7, 11) is 0. The van der Waals surface area contributed by atoms with E-state index in [1.165, 1.54) is 6.92 Å². The summed E-state index contributed by atoms with van der Waals surface area (Å²) in [5, 5.41) is 2.37. The molecule has 80 valence electrons. The zero-order valence-electron chi connectivity index (χ0n) is 8.03. The first-order valence-corrected chi connectivity index (χ1v) is 4.27. The van der Waals surface area contributed by atoms with Gasteiger partial charge in [-0.3, -0.25) is 9.59 Å². The van der Waals surface area contributed by atoms with Gasteiger partial charge in [-0.1, -0.05) is 0 Å². The summed E-state index contributed by atoms with van der Waals surface area (Å²) in [6, 6.07) is -1.37. The molecule has 0 aromatic carbocycles. The number of nitrogens with two attached hydrogens (primary N) is 2. The average molecular weight is 201 g/mol. The molecule has 0 fully saturated rings. The molecule has 0 saturated heterocycles. The lowest BCUT2D eigenvalue weighted by Gasteiger charge is -2.12. The number of hydrogen-bond donors (Lipinski definition) is 3. The van der Waals surface area contributed by atoms with Gasteiger partial charge in [0.05, 0.1) is 12.1 Å². The number of rotatable bonds is 6. The maximum Gasteiger partial charge on any atom is 0.237 e. The van der Waals surface area contributed by atoms with Crippen molar-refractivity contribution in [3.8, 4) is 0 Å². The van der Waals surface area contributed by atoms with Gasteiger partial charge in [-0.05, 0) is 13.3 Å². The van der Waals surface area contributed by atoms with Crippen LogP contribution < -0.4 is 16.8 Å². The molecule has 2 amide bonds. The normalized spacial score (nSPS) is 14.1. The highest BCUT2D eigenvalue weighted by Crippen LogP contribution is 1.94. The van der Waals surface area contributed by atoms with Crippen LogP contribution in [-0.4, -0.2) is 30.2 Å². The van der Waals surface area contributed by atoms with Gasteiger partial charge in [-0.15, -0.1) is 0 Å². The first-order chi connectivity index (χ1) is 6.47. The lowest BCUT2D eigenvalue weighted by Crippen LogP contribution is -2.45. The van der Waals surface area contributed by atoms with Crippen LogP contribution in [-0.2, 0) is 14.4 Å². The molecule has 0 radical (unpaired) electrons. The van der Waals surface area contributed by atoms with Gasteiger partial charge in [0.25, 0.3) is 0 Å². The maximum atomic E-state index is 11.2. The van der Waals surface area contributed by atoms with E-state index in [4.69, 9.17) is 11.5 Å². The SMILES string of the molecule is C[C@@H](C=O)NC(=O)[C@@H](N)CCC(N)=O. The monoisotopic (exact) mass is 201 g/mol. The molecule has 0 spiro atoms. The first kappa shape index (κ1) is 12.6. The van der Waals surface area contributed by atoms with Gasteiger partial charge in [0.1, 0.15) is 6.29 Å². The van der Waals surface area contributed by atoms with E-state index < -0.39 is 23.9 Å². The molecular weight excluding hydrogens is 186 g/mol. The first-order valence-electron chi connectivity index (χ1n) is 4.27. The quantitative estimate of drug-likeness (QED) is 0.443. The lowest BCUT2D eigenvalue weighted by molar-refractivity contribution is -0.125. The fourth-order valence-corrected chi connectivity index (χ4v) is 0.794. The zero-order valence-corrected chi connectivity index (χ0v) is 8.03. The Morgan fingerprint density at radius 1 is 1.50 bits per heavy atom. The van der Waals surface area contributed by atoms with Crippen LogP contribution >= 0.6 is 0 Å². The molecule has 0 rings (SSSR count). The Morgan fingerprint density at radius 3 is 2.50 bits per heavy atom. The van der Waals surface area contributed by atoms with Crippen molar-refractivity contribution in [2.75, 3.05) is 0 Å². The van der Waals surface area contributed by atoms with E-state index in [1.807, 2.05) is 0 Å². The molecule has 0 unspecified atom stereocenters. The van der Waals surface area contributed by atoms with Crippen LogP contribution in [0, 0.1) is 0 Å². The summed E-state index contributed by atoms with van der Waals surface area (Å²) in [5.74, 6) is -0.956. The van der Waals surface area contributed by atoms with E-state index in [-0.39, 0.29) is 12.8 Å². The molecule has 0 saturated carbocycles. The van der Waals surface area contributed by atoms with Crippen LogP contribution in [0.5, 0.6) is 0 Å². The molecule has 0 aromatic rings. The summed E-state index contributed by atoms with van der Waals surface area (Å²) < 4.78 is 0. The summed E-state index contributed by atoms with van der Waals surface area (Å²) in [4.78, 5) is 31.8. The predicted molar refractivity (Wildman–Crippen MR) is 50.1 cm³/mol. The molecule has 2 atom stereocenters. The molecule has 14 heavy (non-hydrogen) atoms. The van der Waals surface area contributed by atoms with Crippen molar-refractivity contribution in [1.82, 2.24) is 5.32 Å². The van der Waals surface area contributed by atoms with Crippen molar-refractivity contribution in [3.63, 3.8) is 0 Å². The van der Waals surface area contributed by atoms with E-state index in [0.29, 0.717) is 6.29 Å². The Bertz CT molecular complexity index is 230. The van der Waals surface area contributed by atoms with Crippen molar-refractivity contribution in [2.24, 2.45) is 11.5 Å².